The first-order valence-corrected chi connectivity index (χ1v) is 39.8. The van der Waals surface area contributed by atoms with Crippen molar-refractivity contribution in [3.05, 3.63) is 0 Å². The van der Waals surface area contributed by atoms with Crippen LogP contribution in [0.25, 0.3) is 0 Å². The second kappa shape index (κ2) is 75.3. The molecule has 0 aromatic rings. The Balaban J connectivity index is 3.27. The molecule has 3 N–H and O–H groups in total. The second-order valence-electron chi connectivity index (χ2n) is 27.8. The SMILES string of the molecule is CCCCCCCCCCCCCCCCCCCCCC(=O)OCCCCCCCCCCCCCCCCCCCCCCCCCCCCCCCCCCCCCC(=O)NC(CO)C(O)CCCCCCCCCCCCCCCC. The van der Waals surface area contributed by atoms with Crippen molar-refractivity contribution in [2.75, 3.05) is 13.2 Å². The molecule has 0 aromatic carbocycles. The molecule has 0 bridgehead atoms. The number of rotatable bonds is 76. The third-order valence-electron chi connectivity index (χ3n) is 19.2. The van der Waals surface area contributed by atoms with Crippen LogP contribution in [0.4, 0.5) is 0 Å². The molecule has 0 saturated heterocycles. The molecule has 0 spiro atoms. The molecule has 0 heterocycles. The average molecular weight is 1200 g/mol. The summed E-state index contributed by atoms with van der Waals surface area (Å²) in [6.45, 7) is 5.01. The summed E-state index contributed by atoms with van der Waals surface area (Å²) < 4.78 is 5.52. The van der Waals surface area contributed by atoms with Gasteiger partial charge >= 0.3 is 5.97 Å². The third kappa shape index (κ3) is 71.8. The van der Waals surface area contributed by atoms with Crippen molar-refractivity contribution in [3.63, 3.8) is 0 Å². The number of aliphatic hydroxyl groups excluding tert-OH is 2. The molecule has 0 radical (unpaired) electrons. The fraction of sp³-hybridized carbons (Fsp3) is 0.975. The second-order valence-corrected chi connectivity index (χ2v) is 27.8. The minimum Gasteiger partial charge on any atom is -0.466 e. The lowest BCUT2D eigenvalue weighted by molar-refractivity contribution is -0.143. The highest BCUT2D eigenvalue weighted by Crippen LogP contribution is 2.21. The van der Waals surface area contributed by atoms with Gasteiger partial charge in [0.1, 0.15) is 0 Å². The Morgan fingerprint density at radius 2 is 0.482 bits per heavy atom. The first kappa shape index (κ1) is 83.9. The van der Waals surface area contributed by atoms with E-state index in [9.17, 15) is 19.8 Å². The van der Waals surface area contributed by atoms with Gasteiger partial charge in [0.05, 0.1) is 25.4 Å². The first-order valence-electron chi connectivity index (χ1n) is 39.8. The number of ether oxygens (including phenoxy) is 1. The molecule has 1 amide bonds. The molecule has 0 aromatic heterocycles. The van der Waals surface area contributed by atoms with Crippen LogP contribution in [0.5, 0.6) is 0 Å². The molecule has 0 aliphatic heterocycles. The number of unbranched alkanes of at least 4 members (excludes halogenated alkanes) is 65. The number of carbonyl (C=O) groups excluding carboxylic acids is 2. The monoisotopic (exact) mass is 1200 g/mol. The van der Waals surface area contributed by atoms with Crippen molar-refractivity contribution in [3.8, 4) is 0 Å². The molecule has 2 unspecified atom stereocenters. The highest BCUT2D eigenvalue weighted by atomic mass is 16.5. The quantitative estimate of drug-likeness (QED) is 0.0417. The maximum absolute atomic E-state index is 12.5. The van der Waals surface area contributed by atoms with E-state index in [0.29, 0.717) is 25.9 Å². The summed E-state index contributed by atoms with van der Waals surface area (Å²) in [5.74, 6) is 0.00304. The Morgan fingerprint density at radius 3 is 0.718 bits per heavy atom. The van der Waals surface area contributed by atoms with Crippen LogP contribution in [0.15, 0.2) is 0 Å². The summed E-state index contributed by atoms with van der Waals surface area (Å²) in [4.78, 5) is 24.6. The van der Waals surface area contributed by atoms with Crippen LogP contribution in [0.3, 0.4) is 0 Å². The van der Waals surface area contributed by atoms with Crippen LogP contribution in [-0.4, -0.2) is 47.4 Å². The number of nitrogens with one attached hydrogen (secondary N) is 1. The summed E-state index contributed by atoms with van der Waals surface area (Å²) in [7, 11) is 0. The van der Waals surface area contributed by atoms with E-state index in [1.54, 1.807) is 0 Å². The Labute approximate surface area is 534 Å². The van der Waals surface area contributed by atoms with Crippen molar-refractivity contribution in [1.29, 1.82) is 0 Å². The minimum absolute atomic E-state index is 0.0258. The number of hydrogen-bond acceptors (Lipinski definition) is 5. The van der Waals surface area contributed by atoms with Crippen molar-refractivity contribution >= 4 is 11.9 Å². The highest BCUT2D eigenvalue weighted by Gasteiger charge is 2.20. The van der Waals surface area contributed by atoms with E-state index >= 15 is 0 Å². The van der Waals surface area contributed by atoms with Gasteiger partial charge in [-0.25, -0.2) is 0 Å². The highest BCUT2D eigenvalue weighted by molar-refractivity contribution is 5.76. The zero-order chi connectivity index (χ0) is 61.3. The van der Waals surface area contributed by atoms with Crippen molar-refractivity contribution in [2.24, 2.45) is 0 Å². The molecule has 85 heavy (non-hydrogen) atoms. The number of carbonyl (C=O) groups is 2. The van der Waals surface area contributed by atoms with E-state index < -0.39 is 12.1 Å². The molecule has 0 rings (SSSR count). The molecule has 0 saturated carbocycles. The predicted molar refractivity (Wildman–Crippen MR) is 375 cm³/mol. The molecular formula is C79H157NO5. The smallest absolute Gasteiger partial charge is 0.305 e. The summed E-state index contributed by atoms with van der Waals surface area (Å²) in [5.41, 5.74) is 0. The number of aliphatic hydroxyl groups is 2. The molecular weight excluding hydrogens is 1040 g/mol. The van der Waals surface area contributed by atoms with Crippen LogP contribution in [-0.2, 0) is 14.3 Å². The van der Waals surface area contributed by atoms with Crippen molar-refractivity contribution in [2.45, 2.75) is 482 Å². The van der Waals surface area contributed by atoms with Crippen LogP contribution < -0.4 is 5.32 Å². The Morgan fingerprint density at radius 1 is 0.282 bits per heavy atom. The Kier molecular flexibility index (Phi) is 74.3. The van der Waals surface area contributed by atoms with Crippen molar-refractivity contribution in [1.82, 2.24) is 5.32 Å². The average Bonchev–Trinajstić information content (AvgIpc) is 3.51. The fourth-order valence-corrected chi connectivity index (χ4v) is 13.1. The Hall–Kier alpha value is -1.14. The number of hydrogen-bond donors (Lipinski definition) is 3. The zero-order valence-electron chi connectivity index (χ0n) is 58.4. The van der Waals surface area contributed by atoms with Gasteiger partial charge in [-0.1, -0.05) is 431 Å². The number of esters is 1. The molecule has 6 heteroatoms. The van der Waals surface area contributed by atoms with Crippen molar-refractivity contribution < 1.29 is 24.5 Å². The summed E-state index contributed by atoms with van der Waals surface area (Å²) >= 11 is 0. The summed E-state index contributed by atoms with van der Waals surface area (Å²) in [5, 5.41) is 23.3. The fourth-order valence-electron chi connectivity index (χ4n) is 13.1. The molecule has 508 valence electrons. The topological polar surface area (TPSA) is 95.9 Å². The number of amides is 1. The lowest BCUT2D eigenvalue weighted by Crippen LogP contribution is -2.45. The predicted octanol–water partition coefficient (Wildman–Crippen LogP) is 26.1. The largest absolute Gasteiger partial charge is 0.466 e. The summed E-state index contributed by atoms with van der Waals surface area (Å²) in [6, 6.07) is -0.536. The first-order chi connectivity index (χ1) is 42.0. The maximum Gasteiger partial charge on any atom is 0.305 e. The summed E-state index contributed by atoms with van der Waals surface area (Å²) in [6.07, 6.45) is 93.5. The Bertz CT molecular complexity index is 1240. The standard InChI is InChI=1S/C79H157NO5/c1-3-5-7-9-11-13-15-17-19-20-38-42-45-49-53-57-61-65-69-73-79(84)85-74-70-66-62-58-54-50-46-43-40-37-35-33-31-29-27-25-23-21-22-24-26-28-30-32-34-36-39-41-44-48-52-56-60-64-68-72-78(83)80-76(75-81)77(82)71-67-63-59-55-51-47-18-16-14-12-10-8-6-4-2/h76-77,81-82H,3-75H2,1-2H3,(H,80,83). The van der Waals surface area contributed by atoms with Gasteiger partial charge in [0.15, 0.2) is 0 Å². The van der Waals surface area contributed by atoms with Crippen LogP contribution >= 0.6 is 0 Å². The lowest BCUT2D eigenvalue weighted by atomic mass is 10.0. The van der Waals surface area contributed by atoms with E-state index in [1.165, 1.54) is 398 Å². The van der Waals surface area contributed by atoms with Gasteiger partial charge in [-0.05, 0) is 25.7 Å². The van der Waals surface area contributed by atoms with E-state index in [0.717, 1.165) is 38.5 Å². The molecule has 0 aliphatic rings. The van der Waals surface area contributed by atoms with Crippen LogP contribution in [0, 0.1) is 0 Å². The van der Waals surface area contributed by atoms with Gasteiger partial charge in [-0.3, -0.25) is 9.59 Å². The third-order valence-corrected chi connectivity index (χ3v) is 19.2. The molecule has 0 fully saturated rings. The van der Waals surface area contributed by atoms with E-state index in [4.69, 9.17) is 4.74 Å². The van der Waals surface area contributed by atoms with Gasteiger partial charge in [-0.15, -0.1) is 0 Å². The van der Waals surface area contributed by atoms with Gasteiger partial charge < -0.3 is 20.3 Å². The van der Waals surface area contributed by atoms with E-state index in [-0.39, 0.29) is 18.5 Å². The molecule has 0 aliphatic carbocycles. The zero-order valence-corrected chi connectivity index (χ0v) is 58.4. The minimum atomic E-state index is -0.659. The van der Waals surface area contributed by atoms with Gasteiger partial charge in [0, 0.05) is 12.8 Å². The van der Waals surface area contributed by atoms with Gasteiger partial charge in [0.2, 0.25) is 5.91 Å². The van der Waals surface area contributed by atoms with E-state index in [2.05, 4.69) is 19.2 Å². The molecule has 6 nitrogen and oxygen atoms in total. The maximum atomic E-state index is 12.5. The van der Waals surface area contributed by atoms with E-state index in [1.807, 2.05) is 0 Å². The van der Waals surface area contributed by atoms with Crippen LogP contribution in [0.2, 0.25) is 0 Å². The van der Waals surface area contributed by atoms with Gasteiger partial charge in [0.25, 0.3) is 0 Å². The normalized spacial score (nSPS) is 12.4. The lowest BCUT2D eigenvalue weighted by Gasteiger charge is -2.22. The van der Waals surface area contributed by atoms with Crippen LogP contribution in [0.1, 0.15) is 470 Å². The molecule has 2 atom stereocenters. The van der Waals surface area contributed by atoms with Gasteiger partial charge in [-0.2, -0.15) is 0 Å².